The summed E-state index contributed by atoms with van der Waals surface area (Å²) in [5.74, 6) is -0.493. The van der Waals surface area contributed by atoms with Gasteiger partial charge in [0.25, 0.3) is 0 Å². The van der Waals surface area contributed by atoms with Crippen LogP contribution in [0.25, 0.3) is 6.08 Å². The van der Waals surface area contributed by atoms with Gasteiger partial charge in [-0.25, -0.2) is 9.59 Å². The average molecular weight is 359 g/mol. The smallest absolute Gasteiger partial charge is 0.410 e. The van der Waals surface area contributed by atoms with Crippen molar-refractivity contribution in [2.45, 2.75) is 53.1 Å². The van der Waals surface area contributed by atoms with Gasteiger partial charge >= 0.3 is 12.1 Å². The van der Waals surface area contributed by atoms with Gasteiger partial charge in [0.15, 0.2) is 0 Å². The first kappa shape index (κ1) is 20.0. The molecule has 0 radical (unpaired) electrons. The number of benzene rings is 1. The first-order chi connectivity index (χ1) is 12.1. The summed E-state index contributed by atoms with van der Waals surface area (Å²) in [6.45, 7) is 10.9. The normalized spacial score (nSPS) is 16.1. The fourth-order valence-corrected chi connectivity index (χ4v) is 3.19. The summed E-state index contributed by atoms with van der Waals surface area (Å²) in [6.07, 6.45) is 5.84. The van der Waals surface area contributed by atoms with Crippen molar-refractivity contribution in [1.82, 2.24) is 4.90 Å². The SMILES string of the molecule is Cc1cc(C(=O)O)cc(C)c1C=CC1CCN(C(=O)OC(C)(C)C)CC1. The van der Waals surface area contributed by atoms with Crippen LogP contribution in [0.5, 0.6) is 0 Å². The van der Waals surface area contributed by atoms with E-state index in [2.05, 4.69) is 12.2 Å². The molecule has 0 unspecified atom stereocenters. The fraction of sp³-hybridized carbons (Fsp3) is 0.524. The zero-order valence-corrected chi connectivity index (χ0v) is 16.3. The topological polar surface area (TPSA) is 66.8 Å². The van der Waals surface area contributed by atoms with Crippen molar-refractivity contribution in [2.75, 3.05) is 13.1 Å². The van der Waals surface area contributed by atoms with E-state index in [9.17, 15) is 9.59 Å². The number of carboxylic acid groups (broad SMARTS) is 1. The highest BCUT2D eigenvalue weighted by Crippen LogP contribution is 2.24. The second-order valence-corrected chi connectivity index (χ2v) is 7.99. The van der Waals surface area contributed by atoms with Crippen molar-refractivity contribution in [3.8, 4) is 0 Å². The van der Waals surface area contributed by atoms with Crippen LogP contribution in [0.1, 0.15) is 60.7 Å². The van der Waals surface area contributed by atoms with E-state index in [1.54, 1.807) is 17.0 Å². The maximum absolute atomic E-state index is 12.1. The number of likely N-dealkylation sites (tertiary alicyclic amines) is 1. The third-order valence-corrected chi connectivity index (χ3v) is 4.57. The summed E-state index contributed by atoms with van der Waals surface area (Å²) in [6, 6.07) is 3.42. The van der Waals surface area contributed by atoms with Gasteiger partial charge in [0.1, 0.15) is 5.60 Å². The largest absolute Gasteiger partial charge is 0.478 e. The lowest BCUT2D eigenvalue weighted by Crippen LogP contribution is -2.41. The lowest BCUT2D eigenvalue weighted by atomic mass is 9.93. The number of hydrogen-bond donors (Lipinski definition) is 1. The molecule has 1 saturated heterocycles. The van der Waals surface area contributed by atoms with E-state index in [0.717, 1.165) is 29.5 Å². The zero-order chi connectivity index (χ0) is 19.5. The van der Waals surface area contributed by atoms with Gasteiger partial charge in [-0.3, -0.25) is 0 Å². The third-order valence-electron chi connectivity index (χ3n) is 4.57. The lowest BCUT2D eigenvalue weighted by Gasteiger charge is -2.32. The van der Waals surface area contributed by atoms with E-state index in [-0.39, 0.29) is 6.09 Å². The summed E-state index contributed by atoms with van der Waals surface area (Å²) in [5.41, 5.74) is 2.85. The summed E-state index contributed by atoms with van der Waals surface area (Å²) >= 11 is 0. The van der Waals surface area contributed by atoms with Gasteiger partial charge in [-0.1, -0.05) is 12.2 Å². The molecule has 142 valence electrons. The van der Waals surface area contributed by atoms with E-state index in [4.69, 9.17) is 9.84 Å². The van der Waals surface area contributed by atoms with E-state index in [1.165, 1.54) is 0 Å². The number of aryl methyl sites for hydroxylation is 2. The molecule has 0 aromatic heterocycles. The number of nitrogens with zero attached hydrogens (tertiary/aromatic N) is 1. The van der Waals surface area contributed by atoms with Gasteiger partial charge in [-0.05, 0) is 82.2 Å². The first-order valence-corrected chi connectivity index (χ1v) is 9.07. The van der Waals surface area contributed by atoms with Crippen LogP contribution in [-0.4, -0.2) is 40.8 Å². The van der Waals surface area contributed by atoms with Crippen molar-refractivity contribution >= 4 is 18.1 Å². The molecule has 0 aliphatic carbocycles. The Morgan fingerprint density at radius 1 is 1.15 bits per heavy atom. The van der Waals surface area contributed by atoms with Gasteiger partial charge in [-0.15, -0.1) is 0 Å². The van der Waals surface area contributed by atoms with Crippen LogP contribution in [0.2, 0.25) is 0 Å². The van der Waals surface area contributed by atoms with Crippen molar-refractivity contribution in [1.29, 1.82) is 0 Å². The van der Waals surface area contributed by atoms with Crippen LogP contribution in [0.3, 0.4) is 0 Å². The van der Waals surface area contributed by atoms with Gasteiger partial charge in [0, 0.05) is 13.1 Å². The molecule has 5 nitrogen and oxygen atoms in total. The summed E-state index contributed by atoms with van der Waals surface area (Å²) in [5, 5.41) is 9.14. The number of hydrogen-bond acceptors (Lipinski definition) is 3. The van der Waals surface area contributed by atoms with Crippen molar-refractivity contribution in [2.24, 2.45) is 5.92 Å². The van der Waals surface area contributed by atoms with Gasteiger partial charge in [0.05, 0.1) is 5.56 Å². The van der Waals surface area contributed by atoms with Crippen LogP contribution < -0.4 is 0 Å². The van der Waals surface area contributed by atoms with Crippen molar-refractivity contribution in [3.05, 3.63) is 40.5 Å². The molecule has 26 heavy (non-hydrogen) atoms. The van der Waals surface area contributed by atoms with Crippen LogP contribution in [-0.2, 0) is 4.74 Å². The molecular formula is C21H29NO4. The fourth-order valence-electron chi connectivity index (χ4n) is 3.19. The number of amides is 1. The van der Waals surface area contributed by atoms with Gasteiger partial charge in [0.2, 0.25) is 0 Å². The Morgan fingerprint density at radius 2 is 1.69 bits per heavy atom. The number of carboxylic acids is 1. The number of aromatic carboxylic acids is 1. The maximum Gasteiger partial charge on any atom is 0.410 e. The summed E-state index contributed by atoms with van der Waals surface area (Å²) < 4.78 is 5.42. The zero-order valence-electron chi connectivity index (χ0n) is 16.3. The maximum atomic E-state index is 12.1. The molecule has 2 rings (SSSR count). The molecule has 1 heterocycles. The molecule has 0 spiro atoms. The van der Waals surface area contributed by atoms with Crippen LogP contribution in [0, 0.1) is 19.8 Å². The second-order valence-electron chi connectivity index (χ2n) is 7.99. The summed E-state index contributed by atoms with van der Waals surface area (Å²) in [4.78, 5) is 25.0. The van der Waals surface area contributed by atoms with Crippen molar-refractivity contribution < 1.29 is 19.4 Å². The highest BCUT2D eigenvalue weighted by Gasteiger charge is 2.25. The highest BCUT2D eigenvalue weighted by atomic mass is 16.6. The van der Waals surface area contributed by atoms with E-state index >= 15 is 0 Å². The molecule has 1 aromatic rings. The molecule has 1 N–H and O–H groups in total. The predicted molar refractivity (Wildman–Crippen MR) is 102 cm³/mol. The van der Waals surface area contributed by atoms with Crippen LogP contribution in [0.4, 0.5) is 4.79 Å². The lowest BCUT2D eigenvalue weighted by molar-refractivity contribution is 0.0197. The van der Waals surface area contributed by atoms with E-state index in [1.807, 2.05) is 34.6 Å². The quantitative estimate of drug-likeness (QED) is 0.852. The Labute approximate surface area is 155 Å². The Kier molecular flexibility index (Phi) is 6.11. The van der Waals surface area contributed by atoms with Crippen molar-refractivity contribution in [3.63, 3.8) is 0 Å². The molecule has 0 saturated carbocycles. The Bertz CT molecular complexity index is 684. The minimum Gasteiger partial charge on any atom is -0.478 e. The van der Waals surface area contributed by atoms with Crippen LogP contribution >= 0.6 is 0 Å². The average Bonchev–Trinajstić information content (AvgIpc) is 2.52. The Balaban J connectivity index is 1.97. The first-order valence-electron chi connectivity index (χ1n) is 9.07. The molecule has 0 atom stereocenters. The highest BCUT2D eigenvalue weighted by molar-refractivity contribution is 5.88. The molecule has 5 heteroatoms. The number of piperidine rings is 1. The summed E-state index contributed by atoms with van der Waals surface area (Å²) in [7, 11) is 0. The number of ether oxygens (including phenoxy) is 1. The molecule has 1 fully saturated rings. The monoisotopic (exact) mass is 359 g/mol. The predicted octanol–water partition coefficient (Wildman–Crippen LogP) is 4.66. The Hall–Kier alpha value is -2.30. The van der Waals surface area contributed by atoms with Crippen LogP contribution in [0.15, 0.2) is 18.2 Å². The molecule has 1 aliphatic heterocycles. The van der Waals surface area contributed by atoms with Gasteiger partial charge < -0.3 is 14.7 Å². The van der Waals surface area contributed by atoms with Gasteiger partial charge in [-0.2, -0.15) is 0 Å². The number of carbonyl (C=O) groups excluding carboxylic acids is 1. The van der Waals surface area contributed by atoms with E-state index < -0.39 is 11.6 Å². The number of allylic oxidation sites excluding steroid dienone is 1. The molecule has 1 aliphatic rings. The molecule has 0 bridgehead atoms. The Morgan fingerprint density at radius 3 is 2.15 bits per heavy atom. The molecule has 1 amide bonds. The second kappa shape index (κ2) is 7.94. The number of rotatable bonds is 3. The minimum atomic E-state index is -0.902. The third kappa shape index (κ3) is 5.35. The van der Waals surface area contributed by atoms with E-state index in [0.29, 0.717) is 24.6 Å². The molecular weight excluding hydrogens is 330 g/mol. The standard InChI is InChI=1S/C21H29NO4/c1-14-12-17(19(23)24)13-15(2)18(14)7-6-16-8-10-22(11-9-16)20(25)26-21(3,4)5/h6-7,12-13,16H,8-11H2,1-5H3,(H,23,24). The minimum absolute atomic E-state index is 0.240. The number of carbonyl (C=O) groups is 2. The molecule has 1 aromatic carbocycles.